The van der Waals surface area contributed by atoms with Crippen LogP contribution in [0.15, 0.2) is 42.6 Å². The molecule has 1 N–H and O–H groups in total. The molecule has 7 nitrogen and oxygen atoms in total. The Bertz CT molecular complexity index is 1220. The van der Waals surface area contributed by atoms with Gasteiger partial charge in [-0.2, -0.15) is 10.2 Å². The van der Waals surface area contributed by atoms with Crippen molar-refractivity contribution in [2.24, 2.45) is 0 Å². The lowest BCUT2D eigenvalue weighted by molar-refractivity contribution is -0.116. The van der Waals surface area contributed by atoms with Crippen LogP contribution in [0, 0.1) is 20.8 Å². The normalized spacial score (nSPS) is 11.4. The van der Waals surface area contributed by atoms with Crippen LogP contribution < -0.4 is 5.32 Å². The molecule has 3 aromatic heterocycles. The molecular weight excluding hydrogens is 376 g/mol. The Labute approximate surface area is 175 Å². The highest BCUT2D eigenvalue weighted by Gasteiger charge is 2.17. The minimum Gasteiger partial charge on any atom is -0.309 e. The summed E-state index contributed by atoms with van der Waals surface area (Å²) in [5.41, 5.74) is 5.81. The summed E-state index contributed by atoms with van der Waals surface area (Å²) in [6.07, 6.45) is 1.77. The Morgan fingerprint density at radius 1 is 1.07 bits per heavy atom. The van der Waals surface area contributed by atoms with Crippen molar-refractivity contribution < 1.29 is 4.79 Å². The van der Waals surface area contributed by atoms with Crippen molar-refractivity contribution in [2.75, 3.05) is 5.32 Å². The largest absolute Gasteiger partial charge is 0.309 e. The average molecular weight is 403 g/mol. The number of carbonyl (C=O) groups excluding carboxylic acids is 1. The maximum atomic E-state index is 12.8. The van der Waals surface area contributed by atoms with Gasteiger partial charge in [-0.25, -0.2) is 14.3 Å². The number of nitrogens with one attached hydrogen (secondary N) is 1. The lowest BCUT2D eigenvalue weighted by Gasteiger charge is -2.12. The number of fused-ring (bicyclic) bond motifs is 1. The number of carbonyl (C=O) groups is 1. The minimum absolute atomic E-state index is 0.0804. The number of rotatable bonds is 5. The molecule has 30 heavy (non-hydrogen) atoms. The summed E-state index contributed by atoms with van der Waals surface area (Å²) in [7, 11) is 0. The van der Waals surface area contributed by atoms with Crippen molar-refractivity contribution >= 4 is 22.8 Å². The predicted molar refractivity (Wildman–Crippen MR) is 118 cm³/mol. The Morgan fingerprint density at radius 2 is 1.80 bits per heavy atom. The molecule has 3 heterocycles. The van der Waals surface area contributed by atoms with Crippen molar-refractivity contribution in [2.45, 2.75) is 47.2 Å². The van der Waals surface area contributed by atoms with E-state index in [9.17, 15) is 4.79 Å². The molecule has 0 saturated heterocycles. The van der Waals surface area contributed by atoms with Gasteiger partial charge < -0.3 is 5.32 Å². The van der Waals surface area contributed by atoms with Crippen LogP contribution in [0.25, 0.3) is 22.2 Å². The molecule has 0 spiro atoms. The monoisotopic (exact) mass is 402 g/mol. The van der Waals surface area contributed by atoms with E-state index in [-0.39, 0.29) is 18.5 Å². The molecule has 0 aliphatic rings. The molecule has 0 aliphatic heterocycles. The molecule has 0 fully saturated rings. The second-order valence-electron chi connectivity index (χ2n) is 7.92. The highest BCUT2D eigenvalue weighted by Crippen LogP contribution is 2.30. The van der Waals surface area contributed by atoms with Crippen LogP contribution in [0.3, 0.4) is 0 Å². The van der Waals surface area contributed by atoms with E-state index < -0.39 is 0 Å². The molecule has 0 saturated carbocycles. The standard InChI is InChI=1S/C23H26N6O/c1-14(2)29-20(12-16(4)26-29)25-21(30)13-28-23-22(17(5)27-28)19(10-11-24-23)18-8-6-15(3)7-9-18/h6-12,14H,13H2,1-5H3,(H,25,30). The fourth-order valence-corrected chi connectivity index (χ4v) is 3.69. The Balaban J connectivity index is 1.65. The van der Waals surface area contributed by atoms with E-state index in [1.165, 1.54) is 5.56 Å². The Hall–Kier alpha value is -3.48. The summed E-state index contributed by atoms with van der Waals surface area (Å²) in [6, 6.07) is 12.4. The maximum Gasteiger partial charge on any atom is 0.247 e. The maximum absolute atomic E-state index is 12.8. The van der Waals surface area contributed by atoms with Crippen LogP contribution in [-0.4, -0.2) is 30.5 Å². The first-order valence-corrected chi connectivity index (χ1v) is 10.1. The zero-order valence-electron chi connectivity index (χ0n) is 18.0. The lowest BCUT2D eigenvalue weighted by Crippen LogP contribution is -2.22. The zero-order chi connectivity index (χ0) is 21.4. The van der Waals surface area contributed by atoms with Gasteiger partial charge in [0.05, 0.1) is 11.4 Å². The molecule has 1 aromatic carbocycles. The van der Waals surface area contributed by atoms with Gasteiger partial charge in [0.15, 0.2) is 5.65 Å². The number of nitrogens with zero attached hydrogens (tertiary/aromatic N) is 5. The van der Waals surface area contributed by atoms with Gasteiger partial charge in [-0.3, -0.25) is 4.79 Å². The molecular formula is C23H26N6O. The number of hydrogen-bond acceptors (Lipinski definition) is 4. The Morgan fingerprint density at radius 3 is 2.50 bits per heavy atom. The van der Waals surface area contributed by atoms with E-state index >= 15 is 0 Å². The number of aryl methyl sites for hydroxylation is 3. The van der Waals surface area contributed by atoms with Gasteiger partial charge in [0.2, 0.25) is 5.91 Å². The first-order chi connectivity index (χ1) is 14.3. The van der Waals surface area contributed by atoms with Gasteiger partial charge in [-0.05, 0) is 51.8 Å². The predicted octanol–water partition coefficient (Wildman–Crippen LogP) is 4.44. The fourth-order valence-electron chi connectivity index (χ4n) is 3.69. The molecule has 0 bridgehead atoms. The molecule has 0 unspecified atom stereocenters. The number of pyridine rings is 1. The smallest absolute Gasteiger partial charge is 0.247 e. The molecule has 0 aliphatic carbocycles. The van der Waals surface area contributed by atoms with Crippen LogP contribution >= 0.6 is 0 Å². The van der Waals surface area contributed by atoms with Gasteiger partial charge in [0, 0.05) is 23.7 Å². The van der Waals surface area contributed by atoms with Crippen LogP contribution in [0.5, 0.6) is 0 Å². The van der Waals surface area contributed by atoms with Gasteiger partial charge in [-0.1, -0.05) is 29.8 Å². The molecule has 1 amide bonds. The number of aromatic nitrogens is 5. The first kappa shape index (κ1) is 19.8. The highest BCUT2D eigenvalue weighted by molar-refractivity contribution is 5.96. The summed E-state index contributed by atoms with van der Waals surface area (Å²) in [5, 5.41) is 13.0. The van der Waals surface area contributed by atoms with Crippen molar-refractivity contribution in [3.05, 3.63) is 59.5 Å². The van der Waals surface area contributed by atoms with E-state index in [1.807, 2.05) is 44.5 Å². The van der Waals surface area contributed by atoms with Crippen LogP contribution in [-0.2, 0) is 11.3 Å². The third-order valence-corrected chi connectivity index (χ3v) is 5.08. The van der Waals surface area contributed by atoms with E-state index in [0.29, 0.717) is 11.5 Å². The highest BCUT2D eigenvalue weighted by atomic mass is 16.2. The quantitative estimate of drug-likeness (QED) is 0.535. The van der Waals surface area contributed by atoms with Gasteiger partial charge in [0.1, 0.15) is 12.4 Å². The summed E-state index contributed by atoms with van der Waals surface area (Å²) < 4.78 is 3.48. The van der Waals surface area contributed by atoms with Gasteiger partial charge >= 0.3 is 0 Å². The second kappa shape index (κ2) is 7.74. The summed E-state index contributed by atoms with van der Waals surface area (Å²) in [4.78, 5) is 17.3. The third-order valence-electron chi connectivity index (χ3n) is 5.08. The minimum atomic E-state index is -0.163. The van der Waals surface area contributed by atoms with E-state index in [0.717, 1.165) is 27.9 Å². The van der Waals surface area contributed by atoms with Gasteiger partial charge in [-0.15, -0.1) is 0 Å². The number of hydrogen-bond donors (Lipinski definition) is 1. The zero-order valence-corrected chi connectivity index (χ0v) is 18.0. The molecule has 4 rings (SSSR count). The molecule has 154 valence electrons. The average Bonchev–Trinajstić information content (AvgIpc) is 3.22. The van der Waals surface area contributed by atoms with E-state index in [1.54, 1.807) is 10.9 Å². The number of anilines is 1. The molecule has 7 heteroatoms. The third kappa shape index (κ3) is 3.70. The Kier molecular flexibility index (Phi) is 5.11. The number of benzene rings is 1. The molecule has 0 radical (unpaired) electrons. The summed E-state index contributed by atoms with van der Waals surface area (Å²) in [6.45, 7) is 10.1. The van der Waals surface area contributed by atoms with Crippen molar-refractivity contribution in [1.29, 1.82) is 0 Å². The van der Waals surface area contributed by atoms with Crippen molar-refractivity contribution in [3.8, 4) is 11.1 Å². The van der Waals surface area contributed by atoms with Gasteiger partial charge in [0.25, 0.3) is 0 Å². The van der Waals surface area contributed by atoms with Crippen LogP contribution in [0.1, 0.15) is 36.8 Å². The van der Waals surface area contributed by atoms with Crippen LogP contribution in [0.2, 0.25) is 0 Å². The topological polar surface area (TPSA) is 77.6 Å². The molecule has 0 atom stereocenters. The number of amides is 1. The van der Waals surface area contributed by atoms with E-state index in [2.05, 4.69) is 51.7 Å². The second-order valence-corrected chi connectivity index (χ2v) is 7.92. The summed E-state index contributed by atoms with van der Waals surface area (Å²) in [5.74, 6) is 0.526. The van der Waals surface area contributed by atoms with Crippen molar-refractivity contribution in [3.63, 3.8) is 0 Å². The SMILES string of the molecule is Cc1ccc(-c2ccnc3c2c(C)nn3CC(=O)Nc2cc(C)nn2C(C)C)cc1. The lowest BCUT2D eigenvalue weighted by atomic mass is 10.0. The first-order valence-electron chi connectivity index (χ1n) is 10.1. The van der Waals surface area contributed by atoms with E-state index in [4.69, 9.17) is 0 Å². The molecule has 4 aromatic rings. The van der Waals surface area contributed by atoms with Crippen molar-refractivity contribution in [1.82, 2.24) is 24.5 Å². The fraction of sp³-hybridized carbons (Fsp3) is 0.304. The van der Waals surface area contributed by atoms with Crippen LogP contribution in [0.4, 0.5) is 5.82 Å². The summed E-state index contributed by atoms with van der Waals surface area (Å²) >= 11 is 0.